The summed E-state index contributed by atoms with van der Waals surface area (Å²) in [6, 6.07) is -0.272. The summed E-state index contributed by atoms with van der Waals surface area (Å²) >= 11 is 0. The van der Waals surface area contributed by atoms with E-state index in [1.165, 1.54) is 4.90 Å². The Morgan fingerprint density at radius 3 is 2.29 bits per heavy atom. The minimum absolute atomic E-state index is 0.0710. The number of nitrogens with zero attached hydrogens (tertiary/aromatic N) is 2. The van der Waals surface area contributed by atoms with Crippen molar-refractivity contribution in [1.82, 2.24) is 15.1 Å². The topological polar surface area (TPSA) is 79.0 Å². The van der Waals surface area contributed by atoms with Gasteiger partial charge >= 0.3 is 12.0 Å². The van der Waals surface area contributed by atoms with E-state index in [1.54, 1.807) is 0 Å². The average Bonchev–Trinajstić information content (AvgIpc) is 2.86. The Morgan fingerprint density at radius 1 is 1.14 bits per heavy atom. The molecule has 1 spiro atoms. The largest absolute Gasteiger partial charge is 0.466 e. The Kier molecular flexibility index (Phi) is 6.03. The highest BCUT2D eigenvalue weighted by Gasteiger charge is 2.53. The van der Waals surface area contributed by atoms with Crippen molar-refractivity contribution >= 4 is 17.9 Å². The molecule has 1 saturated carbocycles. The highest BCUT2D eigenvalue weighted by molar-refractivity contribution is 6.07. The molecule has 3 rings (SSSR count). The van der Waals surface area contributed by atoms with E-state index >= 15 is 0 Å². The Morgan fingerprint density at radius 2 is 1.75 bits per heavy atom. The molecule has 2 saturated heterocycles. The molecule has 7 nitrogen and oxygen atoms in total. The van der Waals surface area contributed by atoms with Crippen LogP contribution in [-0.4, -0.2) is 59.6 Å². The van der Waals surface area contributed by atoms with Gasteiger partial charge in [-0.1, -0.05) is 20.8 Å². The first-order valence-electron chi connectivity index (χ1n) is 10.7. The summed E-state index contributed by atoms with van der Waals surface area (Å²) in [5.74, 6) is 0.307. The molecule has 7 heteroatoms. The molecule has 0 aromatic rings. The van der Waals surface area contributed by atoms with Crippen LogP contribution in [0.5, 0.6) is 0 Å². The number of likely N-dealkylation sites (tertiary alicyclic amines) is 1. The van der Waals surface area contributed by atoms with Gasteiger partial charge in [0.05, 0.1) is 19.2 Å². The lowest BCUT2D eigenvalue weighted by Crippen LogP contribution is -2.51. The number of ether oxygens (including phenoxy) is 1. The summed E-state index contributed by atoms with van der Waals surface area (Å²) in [4.78, 5) is 41.0. The van der Waals surface area contributed by atoms with Gasteiger partial charge in [0, 0.05) is 13.1 Å². The van der Waals surface area contributed by atoms with Crippen molar-refractivity contribution in [1.29, 1.82) is 0 Å². The van der Waals surface area contributed by atoms with E-state index in [4.69, 9.17) is 4.74 Å². The monoisotopic (exact) mass is 393 g/mol. The molecular weight excluding hydrogens is 358 g/mol. The zero-order valence-corrected chi connectivity index (χ0v) is 17.8. The van der Waals surface area contributed by atoms with Crippen molar-refractivity contribution < 1.29 is 19.1 Å². The maximum Gasteiger partial charge on any atom is 0.326 e. The number of amides is 3. The van der Waals surface area contributed by atoms with E-state index in [0.29, 0.717) is 45.1 Å². The fraction of sp³-hybridized carbons (Fsp3) is 0.857. The molecule has 3 amide bonds. The minimum atomic E-state index is -0.706. The van der Waals surface area contributed by atoms with Crippen LogP contribution in [0, 0.1) is 17.3 Å². The van der Waals surface area contributed by atoms with Gasteiger partial charge < -0.3 is 10.1 Å². The van der Waals surface area contributed by atoms with Gasteiger partial charge in [-0.2, -0.15) is 0 Å². The van der Waals surface area contributed by atoms with Gasteiger partial charge in [0.25, 0.3) is 5.91 Å². The number of carbonyl (C=O) groups is 3. The molecule has 3 aliphatic rings. The molecule has 158 valence electrons. The van der Waals surface area contributed by atoms with Gasteiger partial charge in [-0.05, 0) is 56.8 Å². The number of rotatable bonds is 4. The number of piperidine rings is 1. The van der Waals surface area contributed by atoms with E-state index in [2.05, 4.69) is 31.0 Å². The molecular formula is C21H35N3O4. The van der Waals surface area contributed by atoms with E-state index < -0.39 is 5.54 Å². The third kappa shape index (κ3) is 4.19. The predicted molar refractivity (Wildman–Crippen MR) is 105 cm³/mol. The fourth-order valence-electron chi connectivity index (χ4n) is 4.89. The number of nitrogens with one attached hydrogen (secondary N) is 1. The number of urea groups is 1. The quantitative estimate of drug-likeness (QED) is 0.587. The Balaban J connectivity index is 1.55. The van der Waals surface area contributed by atoms with E-state index in [9.17, 15) is 14.4 Å². The Hall–Kier alpha value is -1.63. The first kappa shape index (κ1) is 21.1. The molecule has 0 atom stereocenters. The molecule has 0 unspecified atom stereocenters. The average molecular weight is 394 g/mol. The summed E-state index contributed by atoms with van der Waals surface area (Å²) < 4.78 is 5.11. The number of imide groups is 1. The summed E-state index contributed by atoms with van der Waals surface area (Å²) in [7, 11) is 0. The van der Waals surface area contributed by atoms with Gasteiger partial charge in [-0.3, -0.25) is 14.5 Å². The molecule has 2 heterocycles. The molecule has 0 bridgehead atoms. The van der Waals surface area contributed by atoms with Crippen LogP contribution in [0.15, 0.2) is 0 Å². The summed E-state index contributed by atoms with van der Waals surface area (Å²) in [5, 5.41) is 3.01. The fourth-order valence-corrected chi connectivity index (χ4v) is 4.89. The summed E-state index contributed by atoms with van der Waals surface area (Å²) in [6.07, 6.45) is 4.80. The second-order valence-electron chi connectivity index (χ2n) is 9.67. The summed E-state index contributed by atoms with van der Waals surface area (Å²) in [5.41, 5.74) is -0.474. The Bertz CT molecular complexity index is 612. The van der Waals surface area contributed by atoms with Crippen molar-refractivity contribution in [2.45, 2.75) is 71.8 Å². The first-order valence-corrected chi connectivity index (χ1v) is 10.7. The lowest BCUT2D eigenvalue weighted by atomic mass is 9.67. The maximum atomic E-state index is 13.1. The zero-order chi connectivity index (χ0) is 20.5. The molecule has 1 aliphatic carbocycles. The van der Waals surface area contributed by atoms with Crippen LogP contribution in [0.3, 0.4) is 0 Å². The number of esters is 1. The lowest BCUT2D eigenvalue weighted by molar-refractivity contribution is -0.150. The first-order chi connectivity index (χ1) is 13.2. The number of hydrogen-bond acceptors (Lipinski definition) is 5. The van der Waals surface area contributed by atoms with Gasteiger partial charge in [-0.25, -0.2) is 9.69 Å². The van der Waals surface area contributed by atoms with Crippen LogP contribution in [0.2, 0.25) is 0 Å². The molecule has 0 aromatic carbocycles. The highest BCUT2D eigenvalue weighted by atomic mass is 16.5. The van der Waals surface area contributed by atoms with E-state index in [-0.39, 0.29) is 29.2 Å². The molecule has 2 aliphatic heterocycles. The number of hydrogen-bond donors (Lipinski definition) is 1. The zero-order valence-electron chi connectivity index (χ0n) is 17.8. The standard InChI is InChI=1S/C21H35N3O4/c1-5-28-17(25)15-8-12-23(13-9-15)14-24-18(26)21(22-19(24)27)10-6-16(7-11-21)20(2,3)4/h15-16H,5-14H2,1-4H3,(H,22,27). The maximum absolute atomic E-state index is 13.1. The van der Waals surface area contributed by atoms with Gasteiger partial charge in [0.1, 0.15) is 5.54 Å². The Labute approximate surface area is 168 Å². The van der Waals surface area contributed by atoms with Crippen molar-refractivity contribution in [2.75, 3.05) is 26.4 Å². The van der Waals surface area contributed by atoms with Gasteiger partial charge in [0.15, 0.2) is 0 Å². The highest BCUT2D eigenvalue weighted by Crippen LogP contribution is 2.43. The van der Waals surface area contributed by atoms with Crippen LogP contribution in [-0.2, 0) is 14.3 Å². The SMILES string of the molecule is CCOC(=O)C1CCN(CN2C(=O)NC3(CCC(C(C)(C)C)CC3)C2=O)CC1. The summed E-state index contributed by atoms with van der Waals surface area (Å²) in [6.45, 7) is 10.7. The molecule has 0 radical (unpaired) electrons. The third-order valence-electron chi connectivity index (χ3n) is 6.86. The van der Waals surface area contributed by atoms with Crippen LogP contribution in [0.4, 0.5) is 4.79 Å². The van der Waals surface area contributed by atoms with Crippen LogP contribution in [0.25, 0.3) is 0 Å². The van der Waals surface area contributed by atoms with Crippen molar-refractivity contribution in [3.8, 4) is 0 Å². The van der Waals surface area contributed by atoms with E-state index in [1.807, 2.05) is 6.92 Å². The molecule has 0 aromatic heterocycles. The molecule has 28 heavy (non-hydrogen) atoms. The second kappa shape index (κ2) is 8.01. The van der Waals surface area contributed by atoms with Gasteiger partial charge in [-0.15, -0.1) is 0 Å². The lowest BCUT2D eigenvalue weighted by Gasteiger charge is -2.40. The third-order valence-corrected chi connectivity index (χ3v) is 6.86. The van der Waals surface area contributed by atoms with Crippen molar-refractivity contribution in [3.05, 3.63) is 0 Å². The molecule has 3 fully saturated rings. The van der Waals surface area contributed by atoms with Crippen molar-refractivity contribution in [3.63, 3.8) is 0 Å². The van der Waals surface area contributed by atoms with Crippen LogP contribution < -0.4 is 5.32 Å². The minimum Gasteiger partial charge on any atom is -0.466 e. The van der Waals surface area contributed by atoms with Crippen molar-refractivity contribution in [2.24, 2.45) is 17.3 Å². The number of carbonyl (C=O) groups excluding carboxylic acids is 3. The van der Waals surface area contributed by atoms with E-state index in [0.717, 1.165) is 25.7 Å². The predicted octanol–water partition coefficient (Wildman–Crippen LogP) is 2.75. The van der Waals surface area contributed by atoms with Gasteiger partial charge in [0.2, 0.25) is 0 Å². The normalized spacial score (nSPS) is 30.0. The second-order valence-corrected chi connectivity index (χ2v) is 9.67. The molecule has 1 N–H and O–H groups in total. The van der Waals surface area contributed by atoms with Crippen LogP contribution >= 0.6 is 0 Å². The van der Waals surface area contributed by atoms with Crippen LogP contribution in [0.1, 0.15) is 66.2 Å². The smallest absolute Gasteiger partial charge is 0.326 e.